The molecular weight excluding hydrogens is 284 g/mol. The van der Waals surface area contributed by atoms with Gasteiger partial charge < -0.3 is 5.32 Å². The summed E-state index contributed by atoms with van der Waals surface area (Å²) in [6.07, 6.45) is 5.08. The van der Waals surface area contributed by atoms with Crippen LogP contribution in [0.25, 0.3) is 0 Å². The maximum atomic E-state index is 12.7. The first kappa shape index (κ1) is 15.6. The molecule has 0 heterocycles. The third-order valence-corrected chi connectivity index (χ3v) is 4.51. The second kappa shape index (κ2) is 7.82. The van der Waals surface area contributed by atoms with E-state index in [1.807, 2.05) is 53.4 Å². The molecule has 0 bridgehead atoms. The van der Waals surface area contributed by atoms with Crippen LogP contribution in [0.2, 0.25) is 0 Å². The second-order valence-electron chi connectivity index (χ2n) is 6.24. The summed E-state index contributed by atoms with van der Waals surface area (Å²) in [5.41, 5.74) is 2.06. The van der Waals surface area contributed by atoms with Crippen LogP contribution in [-0.2, 0) is 6.54 Å². The minimum atomic E-state index is -0.00745. The average molecular weight is 308 g/mol. The molecule has 1 saturated carbocycles. The third kappa shape index (κ3) is 4.35. The van der Waals surface area contributed by atoms with Crippen molar-refractivity contribution in [1.29, 1.82) is 0 Å². The highest BCUT2D eigenvalue weighted by atomic mass is 16.2. The number of carbonyl (C=O) groups excluding carboxylic acids is 1. The zero-order chi connectivity index (χ0) is 15.9. The van der Waals surface area contributed by atoms with Crippen LogP contribution in [-0.4, -0.2) is 12.6 Å². The van der Waals surface area contributed by atoms with Gasteiger partial charge in [0.1, 0.15) is 0 Å². The van der Waals surface area contributed by atoms with Crippen LogP contribution in [0, 0.1) is 5.92 Å². The van der Waals surface area contributed by atoms with Gasteiger partial charge >= 0.3 is 6.03 Å². The lowest BCUT2D eigenvalue weighted by atomic mass is 10.1. The van der Waals surface area contributed by atoms with Gasteiger partial charge in [0.2, 0.25) is 0 Å². The van der Waals surface area contributed by atoms with Crippen molar-refractivity contribution < 1.29 is 4.79 Å². The second-order valence-corrected chi connectivity index (χ2v) is 6.24. The number of carbonyl (C=O) groups is 1. The summed E-state index contributed by atoms with van der Waals surface area (Å²) in [7, 11) is 0. The monoisotopic (exact) mass is 308 g/mol. The van der Waals surface area contributed by atoms with Gasteiger partial charge in [-0.3, -0.25) is 4.90 Å². The molecule has 3 rings (SSSR count). The molecule has 0 aromatic heterocycles. The summed E-state index contributed by atoms with van der Waals surface area (Å²) in [4.78, 5) is 14.5. The van der Waals surface area contributed by atoms with E-state index in [9.17, 15) is 4.79 Å². The molecule has 2 aromatic rings. The van der Waals surface area contributed by atoms with Gasteiger partial charge in [0.05, 0.1) is 6.54 Å². The standard InChI is InChI=1S/C20H24N2O/c23-20(21-15-17-9-7-8-10-17)22(19-13-5-2-6-14-19)16-18-11-3-1-4-12-18/h1-6,11-14,17H,7-10,15-16H2,(H,21,23). The molecule has 0 atom stereocenters. The maximum Gasteiger partial charge on any atom is 0.322 e. The molecule has 2 amide bonds. The number of nitrogens with one attached hydrogen (secondary N) is 1. The van der Waals surface area contributed by atoms with Crippen molar-refractivity contribution in [2.45, 2.75) is 32.2 Å². The minimum absolute atomic E-state index is 0.00745. The van der Waals surface area contributed by atoms with Crippen molar-refractivity contribution in [3.05, 3.63) is 66.2 Å². The number of urea groups is 1. The first-order chi connectivity index (χ1) is 11.3. The van der Waals surface area contributed by atoms with Gasteiger partial charge in [0.25, 0.3) is 0 Å². The van der Waals surface area contributed by atoms with E-state index < -0.39 is 0 Å². The lowest BCUT2D eigenvalue weighted by molar-refractivity contribution is 0.244. The Morgan fingerprint density at radius 3 is 2.22 bits per heavy atom. The first-order valence-corrected chi connectivity index (χ1v) is 8.47. The molecule has 0 saturated heterocycles. The SMILES string of the molecule is O=C(NCC1CCCC1)N(Cc1ccccc1)c1ccccc1. The molecule has 2 aromatic carbocycles. The Morgan fingerprint density at radius 2 is 1.57 bits per heavy atom. The first-order valence-electron chi connectivity index (χ1n) is 8.47. The van der Waals surface area contributed by atoms with Gasteiger partial charge in [-0.1, -0.05) is 61.4 Å². The van der Waals surface area contributed by atoms with Crippen LogP contribution in [0.4, 0.5) is 10.5 Å². The van der Waals surface area contributed by atoms with Gasteiger partial charge in [-0.25, -0.2) is 4.79 Å². The summed E-state index contributed by atoms with van der Waals surface area (Å²) < 4.78 is 0. The molecule has 3 heteroatoms. The van der Waals surface area contributed by atoms with Gasteiger partial charge in [-0.15, -0.1) is 0 Å². The van der Waals surface area contributed by atoms with E-state index in [1.54, 1.807) is 0 Å². The summed E-state index contributed by atoms with van der Waals surface area (Å²) in [6.45, 7) is 1.37. The van der Waals surface area contributed by atoms with E-state index in [4.69, 9.17) is 0 Å². The Labute approximate surface area is 138 Å². The predicted molar refractivity (Wildman–Crippen MR) is 94.4 cm³/mol. The Bertz CT molecular complexity index is 606. The summed E-state index contributed by atoms with van der Waals surface area (Å²) in [5.74, 6) is 0.647. The third-order valence-electron chi connectivity index (χ3n) is 4.51. The Hall–Kier alpha value is -2.29. The molecule has 120 valence electrons. The van der Waals surface area contributed by atoms with Crippen molar-refractivity contribution in [2.75, 3.05) is 11.4 Å². The number of rotatable bonds is 5. The van der Waals surface area contributed by atoms with Gasteiger partial charge in [0, 0.05) is 12.2 Å². The van der Waals surface area contributed by atoms with Gasteiger partial charge in [-0.2, -0.15) is 0 Å². The fourth-order valence-corrected chi connectivity index (χ4v) is 3.20. The Morgan fingerprint density at radius 1 is 0.957 bits per heavy atom. The number of hydrogen-bond donors (Lipinski definition) is 1. The van der Waals surface area contributed by atoms with Crippen LogP contribution in [0.1, 0.15) is 31.2 Å². The molecule has 1 aliphatic carbocycles. The topological polar surface area (TPSA) is 32.3 Å². The maximum absolute atomic E-state index is 12.7. The fraction of sp³-hybridized carbons (Fsp3) is 0.350. The Kier molecular flexibility index (Phi) is 5.30. The predicted octanol–water partition coefficient (Wildman–Crippen LogP) is 4.59. The highest BCUT2D eigenvalue weighted by molar-refractivity contribution is 5.91. The molecule has 0 spiro atoms. The van der Waals surface area contributed by atoms with Crippen molar-refractivity contribution in [3.63, 3.8) is 0 Å². The van der Waals surface area contributed by atoms with E-state index in [2.05, 4.69) is 17.4 Å². The van der Waals surface area contributed by atoms with Crippen LogP contribution in [0.5, 0.6) is 0 Å². The van der Waals surface area contributed by atoms with E-state index in [1.165, 1.54) is 25.7 Å². The van der Waals surface area contributed by atoms with Crippen LogP contribution in [0.3, 0.4) is 0 Å². The number of hydrogen-bond acceptors (Lipinski definition) is 1. The molecule has 23 heavy (non-hydrogen) atoms. The molecule has 0 unspecified atom stereocenters. The zero-order valence-electron chi connectivity index (χ0n) is 13.4. The zero-order valence-corrected chi connectivity index (χ0v) is 13.4. The fourth-order valence-electron chi connectivity index (χ4n) is 3.20. The normalized spacial score (nSPS) is 14.6. The van der Waals surface area contributed by atoms with Crippen LogP contribution >= 0.6 is 0 Å². The van der Waals surface area contributed by atoms with Gasteiger partial charge in [-0.05, 0) is 36.5 Å². The average Bonchev–Trinajstić information content (AvgIpc) is 3.13. The highest BCUT2D eigenvalue weighted by Gasteiger charge is 2.19. The summed E-state index contributed by atoms with van der Waals surface area (Å²) >= 11 is 0. The van der Waals surface area contributed by atoms with E-state index >= 15 is 0 Å². The number of para-hydroxylation sites is 1. The lowest BCUT2D eigenvalue weighted by Crippen LogP contribution is -2.41. The summed E-state index contributed by atoms with van der Waals surface area (Å²) in [6, 6.07) is 20.0. The molecular formula is C20H24N2O. The smallest absolute Gasteiger partial charge is 0.322 e. The van der Waals surface area contributed by atoms with Crippen LogP contribution < -0.4 is 10.2 Å². The summed E-state index contributed by atoms with van der Waals surface area (Å²) in [5, 5.41) is 3.13. The number of nitrogens with zero attached hydrogens (tertiary/aromatic N) is 1. The molecule has 1 aliphatic rings. The van der Waals surface area contributed by atoms with E-state index in [-0.39, 0.29) is 6.03 Å². The number of anilines is 1. The number of benzene rings is 2. The largest absolute Gasteiger partial charge is 0.337 e. The number of amides is 2. The quantitative estimate of drug-likeness (QED) is 0.860. The van der Waals surface area contributed by atoms with Crippen molar-refractivity contribution >= 4 is 11.7 Å². The Balaban J connectivity index is 1.70. The van der Waals surface area contributed by atoms with Crippen molar-refractivity contribution in [2.24, 2.45) is 5.92 Å². The lowest BCUT2D eigenvalue weighted by Gasteiger charge is -2.24. The molecule has 3 nitrogen and oxygen atoms in total. The van der Waals surface area contributed by atoms with E-state index in [0.29, 0.717) is 12.5 Å². The molecule has 0 aliphatic heterocycles. The van der Waals surface area contributed by atoms with E-state index in [0.717, 1.165) is 17.8 Å². The molecule has 1 N–H and O–H groups in total. The van der Waals surface area contributed by atoms with Crippen molar-refractivity contribution in [1.82, 2.24) is 5.32 Å². The minimum Gasteiger partial charge on any atom is -0.337 e. The van der Waals surface area contributed by atoms with Crippen molar-refractivity contribution in [3.8, 4) is 0 Å². The highest BCUT2D eigenvalue weighted by Crippen LogP contribution is 2.24. The molecule has 0 radical (unpaired) electrons. The molecule has 1 fully saturated rings. The van der Waals surface area contributed by atoms with Crippen LogP contribution in [0.15, 0.2) is 60.7 Å². The van der Waals surface area contributed by atoms with Gasteiger partial charge in [0.15, 0.2) is 0 Å².